The lowest BCUT2D eigenvalue weighted by Crippen LogP contribution is -2.28. The third-order valence-electron chi connectivity index (χ3n) is 3.59. The summed E-state index contributed by atoms with van der Waals surface area (Å²) in [6, 6.07) is 9.19. The number of anilines is 1. The van der Waals surface area contributed by atoms with Crippen LogP contribution < -0.4 is 5.32 Å². The number of hydrogen-bond acceptors (Lipinski definition) is 4. The van der Waals surface area contributed by atoms with Crippen molar-refractivity contribution < 1.29 is 9.90 Å². The molecule has 0 aliphatic carbocycles. The van der Waals surface area contributed by atoms with Crippen molar-refractivity contribution in [2.45, 2.75) is 25.5 Å². The first-order valence-electron chi connectivity index (χ1n) is 7.62. The van der Waals surface area contributed by atoms with Gasteiger partial charge in [0.05, 0.1) is 30.5 Å². The third kappa shape index (κ3) is 5.19. The Morgan fingerprint density at radius 3 is 2.70 bits per heavy atom. The van der Waals surface area contributed by atoms with Gasteiger partial charge in [0.2, 0.25) is 5.91 Å². The van der Waals surface area contributed by atoms with Crippen LogP contribution in [0.5, 0.6) is 0 Å². The molecule has 2 aromatic rings. The summed E-state index contributed by atoms with van der Waals surface area (Å²) in [6.45, 7) is 3.27. The van der Waals surface area contributed by atoms with E-state index in [1.165, 1.54) is 0 Å². The summed E-state index contributed by atoms with van der Waals surface area (Å²) in [5.74, 6) is -0.244. The highest BCUT2D eigenvalue weighted by molar-refractivity contribution is 5.91. The molecular weight excluding hydrogens is 292 g/mol. The summed E-state index contributed by atoms with van der Waals surface area (Å²) in [4.78, 5) is 14.2. The van der Waals surface area contributed by atoms with Crippen LogP contribution in [0.1, 0.15) is 18.9 Å². The standard InChI is InChI=1S/C17H24N4O2/c1-17(23,14-7-5-4-6-8-14)11-16(22)19-15-12-18-21(13-15)10-9-20(2)3/h4-8,12-13,23H,9-11H2,1-3H3,(H,19,22). The molecule has 124 valence electrons. The quantitative estimate of drug-likeness (QED) is 0.815. The van der Waals surface area contributed by atoms with Gasteiger partial charge in [-0.05, 0) is 26.6 Å². The van der Waals surface area contributed by atoms with E-state index in [4.69, 9.17) is 0 Å². The number of hydrogen-bond donors (Lipinski definition) is 2. The predicted octanol–water partition coefficient (Wildman–Crippen LogP) is 1.68. The molecule has 0 aliphatic heterocycles. The summed E-state index contributed by atoms with van der Waals surface area (Å²) in [7, 11) is 4.00. The van der Waals surface area contributed by atoms with Gasteiger partial charge in [-0.2, -0.15) is 5.10 Å². The second kappa shape index (κ2) is 7.39. The normalized spacial score (nSPS) is 13.8. The van der Waals surface area contributed by atoms with Gasteiger partial charge >= 0.3 is 0 Å². The average Bonchev–Trinajstić information content (AvgIpc) is 2.93. The van der Waals surface area contributed by atoms with E-state index in [1.807, 2.05) is 44.4 Å². The molecule has 0 aliphatic rings. The molecule has 6 nitrogen and oxygen atoms in total. The first kappa shape index (κ1) is 17.2. The first-order chi connectivity index (χ1) is 10.9. The number of likely N-dealkylation sites (N-methyl/N-ethyl adjacent to an activating group) is 1. The molecule has 1 atom stereocenters. The fourth-order valence-corrected chi connectivity index (χ4v) is 2.27. The third-order valence-corrected chi connectivity index (χ3v) is 3.59. The Hall–Kier alpha value is -2.18. The van der Waals surface area contributed by atoms with Crippen LogP contribution in [0.15, 0.2) is 42.7 Å². The summed E-state index contributed by atoms with van der Waals surface area (Å²) >= 11 is 0. The molecule has 1 unspecified atom stereocenters. The Labute approximate surface area is 136 Å². The number of nitrogens with zero attached hydrogens (tertiary/aromatic N) is 3. The maximum absolute atomic E-state index is 12.2. The molecule has 23 heavy (non-hydrogen) atoms. The van der Waals surface area contributed by atoms with E-state index in [-0.39, 0.29) is 12.3 Å². The van der Waals surface area contributed by atoms with Crippen LogP contribution in [0.25, 0.3) is 0 Å². The number of aliphatic hydroxyl groups is 1. The molecule has 1 amide bonds. The van der Waals surface area contributed by atoms with Crippen LogP contribution in [0.2, 0.25) is 0 Å². The van der Waals surface area contributed by atoms with Gasteiger partial charge in [-0.15, -0.1) is 0 Å². The molecule has 2 N–H and O–H groups in total. The van der Waals surface area contributed by atoms with Crippen LogP contribution >= 0.6 is 0 Å². The van der Waals surface area contributed by atoms with E-state index >= 15 is 0 Å². The minimum Gasteiger partial charge on any atom is -0.385 e. The van der Waals surface area contributed by atoms with E-state index in [1.54, 1.807) is 24.0 Å². The van der Waals surface area contributed by atoms with E-state index in [0.29, 0.717) is 5.69 Å². The van der Waals surface area contributed by atoms with Gasteiger partial charge in [0.15, 0.2) is 0 Å². The number of nitrogens with one attached hydrogen (secondary N) is 1. The minimum atomic E-state index is -1.20. The second-order valence-corrected chi connectivity index (χ2v) is 6.16. The van der Waals surface area contributed by atoms with Crippen LogP contribution in [0, 0.1) is 0 Å². The monoisotopic (exact) mass is 316 g/mol. The van der Waals surface area contributed by atoms with Gasteiger partial charge in [-0.25, -0.2) is 0 Å². The molecule has 0 spiro atoms. The molecular formula is C17H24N4O2. The van der Waals surface area contributed by atoms with Gasteiger partial charge in [0, 0.05) is 12.7 Å². The molecule has 2 rings (SSSR count). The molecule has 0 saturated heterocycles. The molecule has 0 saturated carbocycles. The molecule has 1 heterocycles. The van der Waals surface area contributed by atoms with E-state index in [0.717, 1.165) is 18.7 Å². The van der Waals surface area contributed by atoms with E-state index < -0.39 is 5.60 Å². The first-order valence-corrected chi connectivity index (χ1v) is 7.62. The zero-order valence-corrected chi connectivity index (χ0v) is 13.9. The Morgan fingerprint density at radius 1 is 1.35 bits per heavy atom. The van der Waals surface area contributed by atoms with Gasteiger partial charge in [0.1, 0.15) is 0 Å². The number of carbonyl (C=O) groups is 1. The van der Waals surface area contributed by atoms with Crippen LogP contribution in [0.3, 0.4) is 0 Å². The zero-order valence-electron chi connectivity index (χ0n) is 13.9. The Morgan fingerprint density at radius 2 is 2.04 bits per heavy atom. The topological polar surface area (TPSA) is 70.4 Å². The van der Waals surface area contributed by atoms with Gasteiger partial charge < -0.3 is 15.3 Å². The molecule has 1 aromatic carbocycles. The Balaban J connectivity index is 1.92. The molecule has 0 radical (unpaired) electrons. The van der Waals surface area contributed by atoms with Crippen LogP contribution in [-0.4, -0.2) is 46.3 Å². The largest absolute Gasteiger partial charge is 0.385 e. The number of benzene rings is 1. The smallest absolute Gasteiger partial charge is 0.227 e. The van der Waals surface area contributed by atoms with Crippen LogP contribution in [-0.2, 0) is 16.9 Å². The fraction of sp³-hybridized carbons (Fsp3) is 0.412. The van der Waals surface area contributed by atoms with Crippen molar-refractivity contribution in [1.82, 2.24) is 14.7 Å². The minimum absolute atomic E-state index is 0.0140. The summed E-state index contributed by atoms with van der Waals surface area (Å²) < 4.78 is 1.78. The SMILES string of the molecule is CN(C)CCn1cc(NC(=O)CC(C)(O)c2ccccc2)cn1. The predicted molar refractivity (Wildman–Crippen MR) is 90.0 cm³/mol. The summed E-state index contributed by atoms with van der Waals surface area (Å²) in [5.41, 5.74) is 0.154. The number of aromatic nitrogens is 2. The summed E-state index contributed by atoms with van der Waals surface area (Å²) in [5, 5.41) is 17.5. The Kier molecular flexibility index (Phi) is 5.52. The van der Waals surface area contributed by atoms with Crippen molar-refractivity contribution in [2.24, 2.45) is 0 Å². The van der Waals surface area contributed by atoms with Crippen molar-refractivity contribution >= 4 is 11.6 Å². The lowest BCUT2D eigenvalue weighted by atomic mass is 9.92. The van der Waals surface area contributed by atoms with Gasteiger partial charge in [-0.1, -0.05) is 30.3 Å². The van der Waals surface area contributed by atoms with Gasteiger partial charge in [0.25, 0.3) is 0 Å². The maximum Gasteiger partial charge on any atom is 0.227 e. The van der Waals surface area contributed by atoms with Crippen molar-refractivity contribution in [3.63, 3.8) is 0 Å². The number of carbonyl (C=O) groups excluding carboxylic acids is 1. The molecule has 0 fully saturated rings. The number of amides is 1. The van der Waals surface area contributed by atoms with Gasteiger partial charge in [-0.3, -0.25) is 9.48 Å². The summed E-state index contributed by atoms with van der Waals surface area (Å²) in [6.07, 6.45) is 3.39. The zero-order chi connectivity index (χ0) is 16.9. The molecule has 6 heteroatoms. The van der Waals surface area contributed by atoms with Crippen molar-refractivity contribution in [2.75, 3.05) is 26.0 Å². The van der Waals surface area contributed by atoms with Crippen molar-refractivity contribution in [1.29, 1.82) is 0 Å². The fourth-order valence-electron chi connectivity index (χ4n) is 2.27. The average molecular weight is 316 g/mol. The molecule has 1 aromatic heterocycles. The van der Waals surface area contributed by atoms with Crippen LogP contribution in [0.4, 0.5) is 5.69 Å². The highest BCUT2D eigenvalue weighted by atomic mass is 16.3. The van der Waals surface area contributed by atoms with Crippen molar-refractivity contribution in [3.8, 4) is 0 Å². The maximum atomic E-state index is 12.2. The lowest BCUT2D eigenvalue weighted by Gasteiger charge is -2.23. The second-order valence-electron chi connectivity index (χ2n) is 6.16. The van der Waals surface area contributed by atoms with E-state index in [9.17, 15) is 9.90 Å². The molecule has 0 bridgehead atoms. The number of rotatable bonds is 7. The highest BCUT2D eigenvalue weighted by Crippen LogP contribution is 2.24. The van der Waals surface area contributed by atoms with E-state index in [2.05, 4.69) is 15.3 Å². The lowest BCUT2D eigenvalue weighted by molar-refractivity contribution is -0.120. The van der Waals surface area contributed by atoms with Crippen molar-refractivity contribution in [3.05, 3.63) is 48.3 Å². The Bertz CT molecular complexity index is 635. The highest BCUT2D eigenvalue weighted by Gasteiger charge is 2.26.